The summed E-state index contributed by atoms with van der Waals surface area (Å²) in [6.45, 7) is 4.55. The molecule has 3 rings (SSSR count). The van der Waals surface area contributed by atoms with Crippen LogP contribution in [0.3, 0.4) is 0 Å². The van der Waals surface area contributed by atoms with Crippen LogP contribution in [0.25, 0.3) is 0 Å². The zero-order valence-corrected chi connectivity index (χ0v) is 16.0. The lowest BCUT2D eigenvalue weighted by atomic mass is 9.92. The van der Waals surface area contributed by atoms with E-state index in [1.54, 1.807) is 25.4 Å². The number of hydrogen-bond acceptors (Lipinski definition) is 6. The highest BCUT2D eigenvalue weighted by atomic mass is 16.2. The van der Waals surface area contributed by atoms with Crippen molar-refractivity contribution >= 4 is 17.8 Å². The minimum absolute atomic E-state index is 0.0207. The lowest BCUT2D eigenvalue weighted by Gasteiger charge is -2.34. The minimum atomic E-state index is -1.13. The number of amides is 2. The van der Waals surface area contributed by atoms with Crippen LogP contribution >= 0.6 is 0 Å². The number of anilines is 1. The van der Waals surface area contributed by atoms with Crippen molar-refractivity contribution in [3.05, 3.63) is 54.4 Å². The summed E-state index contributed by atoms with van der Waals surface area (Å²) in [5.41, 5.74) is 5.79. The lowest BCUT2D eigenvalue weighted by molar-refractivity contribution is -0.131. The minimum Gasteiger partial charge on any atom is -0.354 e. The molecule has 2 amide bonds. The third-order valence-corrected chi connectivity index (χ3v) is 4.94. The zero-order chi connectivity index (χ0) is 20.0. The van der Waals surface area contributed by atoms with Crippen LogP contribution < -0.4 is 16.0 Å². The highest BCUT2D eigenvalue weighted by molar-refractivity contribution is 5.87. The van der Waals surface area contributed by atoms with Gasteiger partial charge in [-0.25, -0.2) is 9.97 Å². The van der Waals surface area contributed by atoms with Gasteiger partial charge in [-0.3, -0.25) is 9.59 Å². The molecule has 8 heteroatoms. The van der Waals surface area contributed by atoms with Crippen LogP contribution in [0.2, 0.25) is 0 Å². The van der Waals surface area contributed by atoms with Crippen molar-refractivity contribution in [1.29, 1.82) is 0 Å². The Morgan fingerprint density at radius 1 is 1.07 bits per heavy atom. The first-order chi connectivity index (χ1) is 13.5. The Kier molecular flexibility index (Phi) is 6.20. The van der Waals surface area contributed by atoms with Gasteiger partial charge in [-0.2, -0.15) is 0 Å². The van der Waals surface area contributed by atoms with Gasteiger partial charge in [0.05, 0.1) is 0 Å². The van der Waals surface area contributed by atoms with Gasteiger partial charge in [0.25, 0.3) is 0 Å². The highest BCUT2D eigenvalue weighted by Gasteiger charge is 2.30. The monoisotopic (exact) mass is 382 g/mol. The van der Waals surface area contributed by atoms with E-state index in [2.05, 4.69) is 20.2 Å². The number of nitrogens with zero attached hydrogens (tertiary/aromatic N) is 4. The molecule has 0 aliphatic carbocycles. The second-order valence-electron chi connectivity index (χ2n) is 6.99. The van der Waals surface area contributed by atoms with E-state index < -0.39 is 5.54 Å². The van der Waals surface area contributed by atoms with Crippen LogP contribution in [-0.4, -0.2) is 59.4 Å². The molecular weight excluding hydrogens is 356 g/mol. The fraction of sp³-hybridized carbons (Fsp3) is 0.400. The molecule has 148 valence electrons. The molecule has 8 nitrogen and oxygen atoms in total. The lowest BCUT2D eigenvalue weighted by Crippen LogP contribution is -2.51. The Balaban J connectivity index is 1.43. The van der Waals surface area contributed by atoms with E-state index in [4.69, 9.17) is 5.73 Å². The van der Waals surface area contributed by atoms with E-state index >= 15 is 0 Å². The number of carbonyl (C=O) groups excluding carboxylic acids is 2. The van der Waals surface area contributed by atoms with Gasteiger partial charge in [-0.05, 0) is 18.6 Å². The summed E-state index contributed by atoms with van der Waals surface area (Å²) in [6.07, 6.45) is 3.67. The number of nitrogens with one attached hydrogen (secondary N) is 1. The van der Waals surface area contributed by atoms with E-state index in [1.807, 2.05) is 35.2 Å². The molecule has 0 saturated carbocycles. The van der Waals surface area contributed by atoms with Crippen LogP contribution in [0.1, 0.15) is 18.9 Å². The van der Waals surface area contributed by atoms with E-state index in [-0.39, 0.29) is 24.8 Å². The van der Waals surface area contributed by atoms with Gasteiger partial charge in [0.2, 0.25) is 17.8 Å². The molecule has 1 aliphatic rings. The van der Waals surface area contributed by atoms with Crippen molar-refractivity contribution in [2.75, 3.05) is 37.6 Å². The molecule has 2 heterocycles. The molecule has 1 aromatic heterocycles. The van der Waals surface area contributed by atoms with Crippen molar-refractivity contribution < 1.29 is 9.59 Å². The normalized spacial score (nSPS) is 16.4. The summed E-state index contributed by atoms with van der Waals surface area (Å²) in [4.78, 5) is 37.2. The maximum absolute atomic E-state index is 12.4. The molecule has 1 saturated heterocycles. The summed E-state index contributed by atoms with van der Waals surface area (Å²) < 4.78 is 0. The Morgan fingerprint density at radius 3 is 2.36 bits per heavy atom. The fourth-order valence-corrected chi connectivity index (χ4v) is 3.15. The van der Waals surface area contributed by atoms with Crippen molar-refractivity contribution in [2.45, 2.75) is 18.9 Å². The van der Waals surface area contributed by atoms with Crippen LogP contribution in [0, 0.1) is 0 Å². The fourth-order valence-electron chi connectivity index (χ4n) is 3.15. The maximum atomic E-state index is 12.4. The topological polar surface area (TPSA) is 104 Å². The van der Waals surface area contributed by atoms with E-state index in [1.165, 1.54) is 0 Å². The second-order valence-corrected chi connectivity index (χ2v) is 6.99. The molecule has 28 heavy (non-hydrogen) atoms. The van der Waals surface area contributed by atoms with Crippen LogP contribution in [0.15, 0.2) is 48.8 Å². The molecule has 1 aliphatic heterocycles. The Hall–Kier alpha value is -3.00. The predicted octanol–water partition coefficient (Wildman–Crippen LogP) is 0.506. The number of piperazine rings is 1. The Bertz CT molecular complexity index is 789. The summed E-state index contributed by atoms with van der Waals surface area (Å²) in [7, 11) is 0. The van der Waals surface area contributed by atoms with E-state index in [0.717, 1.165) is 5.56 Å². The molecule has 1 unspecified atom stereocenters. The summed E-state index contributed by atoms with van der Waals surface area (Å²) in [5, 5.41) is 2.78. The average Bonchev–Trinajstić information content (AvgIpc) is 2.75. The summed E-state index contributed by atoms with van der Waals surface area (Å²) in [5.74, 6) is 0.412. The first-order valence-corrected chi connectivity index (χ1v) is 9.41. The smallest absolute Gasteiger partial charge is 0.244 e. The number of rotatable bonds is 6. The van der Waals surface area contributed by atoms with Crippen molar-refractivity contribution in [3.63, 3.8) is 0 Å². The van der Waals surface area contributed by atoms with Gasteiger partial charge in [0.1, 0.15) is 5.54 Å². The predicted molar refractivity (Wildman–Crippen MR) is 106 cm³/mol. The molecule has 1 atom stereocenters. The van der Waals surface area contributed by atoms with Crippen molar-refractivity contribution in [1.82, 2.24) is 20.2 Å². The molecule has 0 radical (unpaired) electrons. The first-order valence-electron chi connectivity index (χ1n) is 9.41. The molecule has 0 spiro atoms. The van der Waals surface area contributed by atoms with Gasteiger partial charge >= 0.3 is 0 Å². The molecule has 3 N–H and O–H groups in total. The van der Waals surface area contributed by atoms with Gasteiger partial charge in [0.15, 0.2) is 0 Å². The average molecular weight is 382 g/mol. The second kappa shape index (κ2) is 8.79. The SMILES string of the molecule is CC(N)(C(=O)NCCC(=O)N1CCN(c2ncccn2)CC1)c1ccccc1. The van der Waals surface area contributed by atoms with Crippen LogP contribution in [0.5, 0.6) is 0 Å². The Labute approximate surface area is 164 Å². The quantitative estimate of drug-likeness (QED) is 0.754. The molecule has 2 aromatic rings. The third kappa shape index (κ3) is 4.64. The molecule has 1 fully saturated rings. The first kappa shape index (κ1) is 19.8. The summed E-state index contributed by atoms with van der Waals surface area (Å²) in [6, 6.07) is 11.0. The van der Waals surface area contributed by atoms with Gasteiger partial charge in [0, 0.05) is 51.5 Å². The van der Waals surface area contributed by atoms with Crippen molar-refractivity contribution in [3.8, 4) is 0 Å². The zero-order valence-electron chi connectivity index (χ0n) is 16.0. The van der Waals surface area contributed by atoms with Gasteiger partial charge in [-0.15, -0.1) is 0 Å². The van der Waals surface area contributed by atoms with E-state index in [9.17, 15) is 9.59 Å². The number of carbonyl (C=O) groups is 2. The largest absolute Gasteiger partial charge is 0.354 e. The Morgan fingerprint density at radius 2 is 1.71 bits per heavy atom. The van der Waals surface area contributed by atoms with Gasteiger partial charge < -0.3 is 20.9 Å². The standard InChI is InChI=1S/C20H26N6O2/c1-20(21,16-6-3-2-4-7-16)18(28)22-11-8-17(27)25-12-14-26(15-13-25)19-23-9-5-10-24-19/h2-7,9-10H,8,11-15,21H2,1H3,(H,22,28). The van der Waals surface area contributed by atoms with Crippen LogP contribution in [0.4, 0.5) is 5.95 Å². The summed E-state index contributed by atoms with van der Waals surface area (Å²) >= 11 is 0. The molecular formula is C20H26N6O2. The van der Waals surface area contributed by atoms with Crippen LogP contribution in [-0.2, 0) is 15.1 Å². The maximum Gasteiger partial charge on any atom is 0.244 e. The molecule has 0 bridgehead atoms. The van der Waals surface area contributed by atoms with Gasteiger partial charge in [-0.1, -0.05) is 30.3 Å². The molecule has 1 aromatic carbocycles. The number of hydrogen-bond donors (Lipinski definition) is 2. The number of benzene rings is 1. The highest BCUT2D eigenvalue weighted by Crippen LogP contribution is 2.17. The van der Waals surface area contributed by atoms with E-state index in [0.29, 0.717) is 32.1 Å². The number of nitrogens with two attached hydrogens (primary N) is 1. The third-order valence-electron chi connectivity index (χ3n) is 4.94. The van der Waals surface area contributed by atoms with Crippen molar-refractivity contribution in [2.24, 2.45) is 5.73 Å². The number of aromatic nitrogens is 2.